The first-order valence-corrected chi connectivity index (χ1v) is 9.46. The van der Waals surface area contributed by atoms with Crippen molar-refractivity contribution in [2.24, 2.45) is 5.92 Å². The van der Waals surface area contributed by atoms with Gasteiger partial charge in [0.15, 0.2) is 11.5 Å². The maximum absolute atomic E-state index is 12.6. The van der Waals surface area contributed by atoms with Crippen LogP contribution in [-0.2, 0) is 9.53 Å². The van der Waals surface area contributed by atoms with E-state index < -0.39 is 12.0 Å². The molecule has 0 unspecified atom stereocenters. The molecule has 0 radical (unpaired) electrons. The third-order valence-corrected chi connectivity index (χ3v) is 4.93. The Kier molecular flexibility index (Phi) is 5.98. The molecule has 1 aromatic carbocycles. The van der Waals surface area contributed by atoms with Crippen molar-refractivity contribution in [1.82, 2.24) is 15.2 Å². The fourth-order valence-electron chi connectivity index (χ4n) is 3.46. The molecule has 1 fully saturated rings. The zero-order valence-corrected chi connectivity index (χ0v) is 16.1. The van der Waals surface area contributed by atoms with Gasteiger partial charge in [0, 0.05) is 19.0 Å². The molecular weight excluding hydrogens is 346 g/mol. The number of piperidine rings is 1. The van der Waals surface area contributed by atoms with Gasteiger partial charge < -0.3 is 19.4 Å². The Morgan fingerprint density at radius 3 is 2.63 bits per heavy atom. The fraction of sp³-hybridized carbons (Fsp3) is 0.550. The Labute approximate surface area is 159 Å². The number of ether oxygens (including phenoxy) is 1. The number of nitrogens with one attached hydrogen (secondary N) is 1. The molecule has 3 rings (SSSR count). The Hall–Kier alpha value is -2.57. The third kappa shape index (κ3) is 4.59. The van der Waals surface area contributed by atoms with Crippen molar-refractivity contribution in [3.05, 3.63) is 30.2 Å². The standard InChI is InChI=1S/C20H27N3O4/c1-13(2)12-16(19(24)26-3)22-20(25)23-10-8-14(9-11-23)18-21-15-6-4-5-7-17(15)27-18/h4-7,13-14,16H,8-12H2,1-3H3,(H,22,25)/t16-/m0/s1. The Bertz CT molecular complexity index is 760. The lowest BCUT2D eigenvalue weighted by molar-refractivity contribution is -0.143. The summed E-state index contributed by atoms with van der Waals surface area (Å²) in [5, 5.41) is 2.82. The highest BCUT2D eigenvalue weighted by atomic mass is 16.5. The maximum atomic E-state index is 12.6. The third-order valence-electron chi connectivity index (χ3n) is 4.93. The van der Waals surface area contributed by atoms with Crippen LogP contribution < -0.4 is 5.32 Å². The minimum Gasteiger partial charge on any atom is -0.467 e. The van der Waals surface area contributed by atoms with E-state index in [1.807, 2.05) is 38.1 Å². The van der Waals surface area contributed by atoms with Crippen molar-refractivity contribution in [2.75, 3.05) is 20.2 Å². The second-order valence-corrected chi connectivity index (χ2v) is 7.44. The zero-order chi connectivity index (χ0) is 19.4. The number of benzene rings is 1. The lowest BCUT2D eigenvalue weighted by atomic mass is 9.97. The van der Waals surface area contributed by atoms with Crippen LogP contribution in [0.25, 0.3) is 11.1 Å². The van der Waals surface area contributed by atoms with Gasteiger partial charge in [0.25, 0.3) is 0 Å². The second kappa shape index (κ2) is 8.41. The summed E-state index contributed by atoms with van der Waals surface area (Å²) in [7, 11) is 1.34. The summed E-state index contributed by atoms with van der Waals surface area (Å²) in [5.74, 6) is 0.815. The molecule has 1 saturated heterocycles. The molecular formula is C20H27N3O4. The van der Waals surface area contributed by atoms with Crippen LogP contribution in [-0.4, -0.2) is 48.1 Å². The summed E-state index contributed by atoms with van der Waals surface area (Å²) < 4.78 is 10.7. The molecule has 7 heteroatoms. The molecule has 27 heavy (non-hydrogen) atoms. The monoisotopic (exact) mass is 373 g/mol. The quantitative estimate of drug-likeness (QED) is 0.813. The van der Waals surface area contributed by atoms with E-state index in [2.05, 4.69) is 10.3 Å². The van der Waals surface area contributed by atoms with Gasteiger partial charge in [0.2, 0.25) is 0 Å². The van der Waals surface area contributed by atoms with E-state index in [0.717, 1.165) is 29.8 Å². The molecule has 0 aliphatic carbocycles. The van der Waals surface area contributed by atoms with Gasteiger partial charge in [-0.3, -0.25) is 0 Å². The number of esters is 1. The van der Waals surface area contributed by atoms with E-state index in [1.54, 1.807) is 4.90 Å². The summed E-state index contributed by atoms with van der Waals surface area (Å²) in [6.07, 6.45) is 2.12. The number of rotatable bonds is 5. The Morgan fingerprint density at radius 2 is 2.00 bits per heavy atom. The lowest BCUT2D eigenvalue weighted by Gasteiger charge is -2.32. The first kappa shape index (κ1) is 19.2. The normalized spacial score (nSPS) is 16.5. The van der Waals surface area contributed by atoms with Gasteiger partial charge in [-0.05, 0) is 37.3 Å². The molecule has 0 bridgehead atoms. The summed E-state index contributed by atoms with van der Waals surface area (Å²) in [6, 6.07) is 6.89. The molecule has 1 aliphatic heterocycles. The van der Waals surface area contributed by atoms with Crippen molar-refractivity contribution in [3.63, 3.8) is 0 Å². The molecule has 2 aromatic rings. The second-order valence-electron chi connectivity index (χ2n) is 7.44. The molecule has 7 nitrogen and oxygen atoms in total. The number of hydrogen-bond donors (Lipinski definition) is 1. The largest absolute Gasteiger partial charge is 0.467 e. The first-order valence-electron chi connectivity index (χ1n) is 9.46. The minimum absolute atomic E-state index is 0.202. The number of amides is 2. The molecule has 2 heterocycles. The van der Waals surface area contributed by atoms with E-state index in [0.29, 0.717) is 19.5 Å². The molecule has 2 amide bonds. The highest BCUT2D eigenvalue weighted by molar-refractivity contribution is 5.83. The van der Waals surface area contributed by atoms with Crippen molar-refractivity contribution >= 4 is 23.1 Å². The number of carbonyl (C=O) groups is 2. The summed E-state index contributed by atoms with van der Waals surface area (Å²) in [5.41, 5.74) is 1.66. The van der Waals surface area contributed by atoms with Crippen LogP contribution >= 0.6 is 0 Å². The molecule has 1 atom stereocenters. The Morgan fingerprint density at radius 1 is 1.30 bits per heavy atom. The number of fused-ring (bicyclic) bond motifs is 1. The SMILES string of the molecule is COC(=O)[C@H](CC(C)C)NC(=O)N1CCC(c2nc3ccccc3o2)CC1. The molecule has 1 N–H and O–H groups in total. The predicted octanol–water partition coefficient (Wildman–Crippen LogP) is 3.30. The number of hydrogen-bond acceptors (Lipinski definition) is 5. The van der Waals surface area contributed by atoms with E-state index >= 15 is 0 Å². The maximum Gasteiger partial charge on any atom is 0.328 e. The van der Waals surface area contributed by atoms with Crippen LogP contribution in [0.15, 0.2) is 28.7 Å². The van der Waals surface area contributed by atoms with Gasteiger partial charge in [-0.2, -0.15) is 0 Å². The van der Waals surface area contributed by atoms with Crippen LogP contribution in [0.2, 0.25) is 0 Å². The smallest absolute Gasteiger partial charge is 0.328 e. The average molecular weight is 373 g/mol. The van der Waals surface area contributed by atoms with Crippen LogP contribution in [0.3, 0.4) is 0 Å². The van der Waals surface area contributed by atoms with E-state index in [9.17, 15) is 9.59 Å². The highest BCUT2D eigenvalue weighted by Crippen LogP contribution is 2.29. The lowest BCUT2D eigenvalue weighted by Crippen LogP contribution is -2.50. The number of carbonyl (C=O) groups excluding carboxylic acids is 2. The number of para-hydroxylation sites is 2. The van der Waals surface area contributed by atoms with Gasteiger partial charge in [0.1, 0.15) is 11.6 Å². The predicted molar refractivity (Wildman–Crippen MR) is 101 cm³/mol. The van der Waals surface area contributed by atoms with Crippen molar-refractivity contribution in [3.8, 4) is 0 Å². The molecule has 1 aromatic heterocycles. The van der Waals surface area contributed by atoms with Gasteiger partial charge >= 0.3 is 12.0 Å². The zero-order valence-electron chi connectivity index (χ0n) is 16.1. The first-order chi connectivity index (χ1) is 13.0. The van der Waals surface area contributed by atoms with Crippen molar-refractivity contribution in [1.29, 1.82) is 0 Å². The van der Waals surface area contributed by atoms with Crippen LogP contribution in [0.5, 0.6) is 0 Å². The minimum atomic E-state index is -0.614. The Balaban J connectivity index is 1.57. The van der Waals surface area contributed by atoms with Crippen LogP contribution in [0.1, 0.15) is 44.9 Å². The van der Waals surface area contributed by atoms with Gasteiger partial charge in [0.05, 0.1) is 7.11 Å². The molecule has 0 saturated carbocycles. The summed E-state index contributed by atoms with van der Waals surface area (Å²) >= 11 is 0. The fourth-order valence-corrected chi connectivity index (χ4v) is 3.46. The van der Waals surface area contributed by atoms with Gasteiger partial charge in [-0.15, -0.1) is 0 Å². The van der Waals surface area contributed by atoms with Crippen molar-refractivity contribution < 1.29 is 18.7 Å². The van der Waals surface area contributed by atoms with Crippen molar-refractivity contribution in [2.45, 2.75) is 45.1 Å². The van der Waals surface area contributed by atoms with E-state index in [1.165, 1.54) is 7.11 Å². The summed E-state index contributed by atoms with van der Waals surface area (Å²) in [6.45, 7) is 5.22. The van der Waals surface area contributed by atoms with Crippen LogP contribution in [0, 0.1) is 5.92 Å². The number of methoxy groups -OCH3 is 1. The molecule has 146 valence electrons. The van der Waals surface area contributed by atoms with Crippen LogP contribution in [0.4, 0.5) is 4.79 Å². The van der Waals surface area contributed by atoms with E-state index in [-0.39, 0.29) is 17.9 Å². The highest BCUT2D eigenvalue weighted by Gasteiger charge is 2.30. The summed E-state index contributed by atoms with van der Waals surface area (Å²) in [4.78, 5) is 30.8. The number of urea groups is 1. The molecule has 1 aliphatic rings. The van der Waals surface area contributed by atoms with E-state index in [4.69, 9.17) is 9.15 Å². The number of likely N-dealkylation sites (tertiary alicyclic amines) is 1. The average Bonchev–Trinajstić information content (AvgIpc) is 3.10. The number of oxazole rings is 1. The van der Waals surface area contributed by atoms with Gasteiger partial charge in [-0.25, -0.2) is 14.6 Å². The van der Waals surface area contributed by atoms with Gasteiger partial charge in [-0.1, -0.05) is 26.0 Å². The molecule has 0 spiro atoms. The topological polar surface area (TPSA) is 84.7 Å². The number of aromatic nitrogens is 1. The number of nitrogens with zero attached hydrogens (tertiary/aromatic N) is 2.